The molecule has 0 saturated carbocycles. The fourth-order valence-corrected chi connectivity index (χ4v) is 1.88. The number of ether oxygens (including phenoxy) is 1. The van der Waals surface area contributed by atoms with E-state index >= 15 is 0 Å². The Morgan fingerprint density at radius 2 is 2.06 bits per heavy atom. The molecule has 2 rings (SSSR count). The third kappa shape index (κ3) is 2.87. The molecule has 0 aliphatic heterocycles. The van der Waals surface area contributed by atoms with E-state index in [4.69, 9.17) is 10.5 Å². The molecule has 0 fully saturated rings. The molecule has 0 saturated heterocycles. The molecule has 0 bridgehead atoms. The van der Waals surface area contributed by atoms with Crippen LogP contribution in [0.5, 0.6) is 11.6 Å². The lowest BCUT2D eigenvalue weighted by Gasteiger charge is -2.11. The third-order valence-electron chi connectivity index (χ3n) is 2.80. The first-order chi connectivity index (χ1) is 8.70. The van der Waals surface area contributed by atoms with Gasteiger partial charge in [0.05, 0.1) is 0 Å². The summed E-state index contributed by atoms with van der Waals surface area (Å²) in [5.41, 5.74) is 8.97. The van der Waals surface area contributed by atoms with Crippen molar-refractivity contribution >= 4 is 0 Å². The zero-order valence-electron chi connectivity index (χ0n) is 10.8. The molecule has 1 aromatic carbocycles. The van der Waals surface area contributed by atoms with Crippen LogP contribution < -0.4 is 10.5 Å². The highest BCUT2D eigenvalue weighted by Gasteiger charge is 2.07. The molecular weight excluding hydrogens is 224 g/mol. The van der Waals surface area contributed by atoms with Crippen molar-refractivity contribution in [3.05, 3.63) is 53.2 Å². The van der Waals surface area contributed by atoms with E-state index in [0.29, 0.717) is 12.4 Å². The number of hydrogen-bond donors (Lipinski definition) is 1. The number of hydrogen-bond acceptors (Lipinski definition) is 3. The Kier molecular flexibility index (Phi) is 3.95. The van der Waals surface area contributed by atoms with Crippen molar-refractivity contribution in [3.63, 3.8) is 0 Å². The van der Waals surface area contributed by atoms with Crippen LogP contribution in [0, 0.1) is 13.8 Å². The summed E-state index contributed by atoms with van der Waals surface area (Å²) >= 11 is 0. The van der Waals surface area contributed by atoms with Crippen LogP contribution in [0.3, 0.4) is 0 Å². The summed E-state index contributed by atoms with van der Waals surface area (Å²) in [4.78, 5) is 4.28. The maximum Gasteiger partial charge on any atom is 0.222 e. The van der Waals surface area contributed by atoms with E-state index in [2.05, 4.69) is 18.0 Å². The molecule has 3 nitrogen and oxygen atoms in total. The van der Waals surface area contributed by atoms with Crippen molar-refractivity contribution in [2.24, 2.45) is 5.73 Å². The summed E-state index contributed by atoms with van der Waals surface area (Å²) in [6.07, 6.45) is 2.51. The van der Waals surface area contributed by atoms with Crippen molar-refractivity contribution in [3.8, 4) is 11.6 Å². The minimum absolute atomic E-state index is 0.592. The molecule has 3 heteroatoms. The maximum atomic E-state index is 5.88. The number of benzene rings is 1. The average Bonchev–Trinajstić information content (AvgIpc) is 2.35. The van der Waals surface area contributed by atoms with Gasteiger partial charge in [-0.2, -0.15) is 0 Å². The van der Waals surface area contributed by atoms with Gasteiger partial charge in [0, 0.05) is 11.8 Å². The maximum absolute atomic E-state index is 5.88. The minimum Gasteiger partial charge on any atom is -0.438 e. The number of pyridine rings is 1. The predicted molar refractivity (Wildman–Crippen MR) is 73.0 cm³/mol. The highest BCUT2D eigenvalue weighted by atomic mass is 16.5. The van der Waals surface area contributed by atoms with E-state index in [1.165, 1.54) is 5.56 Å². The third-order valence-corrected chi connectivity index (χ3v) is 2.80. The summed E-state index contributed by atoms with van der Waals surface area (Å²) in [7, 11) is 0. The van der Waals surface area contributed by atoms with Gasteiger partial charge < -0.3 is 10.5 Å². The van der Waals surface area contributed by atoms with Gasteiger partial charge in [0.1, 0.15) is 5.75 Å². The molecule has 2 aromatic rings. The highest BCUT2D eigenvalue weighted by Crippen LogP contribution is 2.26. The quantitative estimate of drug-likeness (QED) is 0.896. The highest BCUT2D eigenvalue weighted by molar-refractivity contribution is 5.39. The van der Waals surface area contributed by atoms with Crippen molar-refractivity contribution < 1.29 is 4.74 Å². The Morgan fingerprint density at radius 1 is 1.22 bits per heavy atom. The zero-order chi connectivity index (χ0) is 13.0. The fourth-order valence-electron chi connectivity index (χ4n) is 1.88. The second-order valence-electron chi connectivity index (χ2n) is 4.38. The number of aryl methyl sites for hydroxylation is 2. The van der Waals surface area contributed by atoms with Crippen LogP contribution in [0.25, 0.3) is 0 Å². The number of rotatable bonds is 4. The van der Waals surface area contributed by atoms with E-state index < -0.39 is 0 Å². The SMILES string of the molecule is Cc1ccc(Oc2ncccc2CCN)c(C)c1. The Bertz CT molecular complexity index is 538. The summed E-state index contributed by atoms with van der Waals surface area (Å²) in [6.45, 7) is 4.69. The Hall–Kier alpha value is -1.87. The van der Waals surface area contributed by atoms with Gasteiger partial charge >= 0.3 is 0 Å². The minimum atomic E-state index is 0.592. The van der Waals surface area contributed by atoms with Crippen LogP contribution in [0.1, 0.15) is 16.7 Å². The predicted octanol–water partition coefficient (Wildman–Crippen LogP) is 2.99. The van der Waals surface area contributed by atoms with Gasteiger partial charge in [0.2, 0.25) is 5.88 Å². The molecular formula is C15H18N2O. The lowest BCUT2D eigenvalue weighted by Crippen LogP contribution is -2.05. The van der Waals surface area contributed by atoms with Gasteiger partial charge in [-0.15, -0.1) is 0 Å². The monoisotopic (exact) mass is 242 g/mol. The van der Waals surface area contributed by atoms with Crippen molar-refractivity contribution in [2.45, 2.75) is 20.3 Å². The van der Waals surface area contributed by atoms with Crippen molar-refractivity contribution in [2.75, 3.05) is 6.54 Å². The second-order valence-corrected chi connectivity index (χ2v) is 4.38. The zero-order valence-corrected chi connectivity index (χ0v) is 10.8. The van der Waals surface area contributed by atoms with Gasteiger partial charge in [-0.3, -0.25) is 0 Å². The van der Waals surface area contributed by atoms with Crippen LogP contribution >= 0.6 is 0 Å². The van der Waals surface area contributed by atoms with Gasteiger partial charge in [-0.25, -0.2) is 4.98 Å². The van der Waals surface area contributed by atoms with Gasteiger partial charge in [-0.05, 0) is 44.5 Å². The first-order valence-corrected chi connectivity index (χ1v) is 6.10. The summed E-state index contributed by atoms with van der Waals surface area (Å²) in [6, 6.07) is 10.0. The van der Waals surface area contributed by atoms with Gasteiger partial charge in [-0.1, -0.05) is 23.8 Å². The first kappa shape index (κ1) is 12.6. The molecule has 0 radical (unpaired) electrons. The largest absolute Gasteiger partial charge is 0.438 e. The number of nitrogens with zero attached hydrogens (tertiary/aromatic N) is 1. The first-order valence-electron chi connectivity index (χ1n) is 6.10. The van der Waals surface area contributed by atoms with E-state index in [1.54, 1.807) is 6.20 Å². The van der Waals surface area contributed by atoms with Crippen molar-refractivity contribution in [1.29, 1.82) is 0 Å². The molecule has 1 heterocycles. The summed E-state index contributed by atoms with van der Waals surface area (Å²) in [5.74, 6) is 1.49. The Balaban J connectivity index is 2.28. The Labute approximate surface area is 108 Å². The molecule has 0 aliphatic rings. The molecule has 18 heavy (non-hydrogen) atoms. The lowest BCUT2D eigenvalue weighted by molar-refractivity contribution is 0.453. The molecule has 0 aliphatic carbocycles. The van der Waals surface area contributed by atoms with E-state index in [0.717, 1.165) is 23.3 Å². The standard InChI is InChI=1S/C15H18N2O/c1-11-5-6-14(12(2)10-11)18-15-13(7-8-16)4-3-9-17-15/h3-6,9-10H,7-8,16H2,1-2H3. The van der Waals surface area contributed by atoms with E-state index in [9.17, 15) is 0 Å². The number of nitrogens with two attached hydrogens (primary N) is 1. The smallest absolute Gasteiger partial charge is 0.222 e. The molecule has 0 spiro atoms. The van der Waals surface area contributed by atoms with E-state index in [1.807, 2.05) is 31.2 Å². The normalized spacial score (nSPS) is 10.4. The lowest BCUT2D eigenvalue weighted by atomic mass is 10.1. The number of aromatic nitrogens is 1. The molecule has 0 amide bonds. The van der Waals surface area contributed by atoms with Crippen LogP contribution in [-0.4, -0.2) is 11.5 Å². The van der Waals surface area contributed by atoms with Crippen LogP contribution in [0.15, 0.2) is 36.5 Å². The molecule has 0 atom stereocenters. The van der Waals surface area contributed by atoms with E-state index in [-0.39, 0.29) is 0 Å². The van der Waals surface area contributed by atoms with Crippen LogP contribution in [0.4, 0.5) is 0 Å². The summed E-state index contributed by atoms with van der Waals surface area (Å²) in [5, 5.41) is 0. The topological polar surface area (TPSA) is 48.1 Å². The molecule has 1 aromatic heterocycles. The molecule has 94 valence electrons. The second kappa shape index (κ2) is 5.65. The van der Waals surface area contributed by atoms with Crippen LogP contribution in [-0.2, 0) is 6.42 Å². The van der Waals surface area contributed by atoms with Gasteiger partial charge in [0.25, 0.3) is 0 Å². The fraction of sp³-hybridized carbons (Fsp3) is 0.267. The average molecular weight is 242 g/mol. The Morgan fingerprint density at radius 3 is 2.78 bits per heavy atom. The molecule has 2 N–H and O–H groups in total. The van der Waals surface area contributed by atoms with Crippen LogP contribution in [0.2, 0.25) is 0 Å². The molecule has 0 unspecified atom stereocenters. The van der Waals surface area contributed by atoms with Gasteiger partial charge in [0.15, 0.2) is 0 Å². The van der Waals surface area contributed by atoms with Crippen molar-refractivity contribution in [1.82, 2.24) is 4.98 Å². The summed E-state index contributed by atoms with van der Waals surface area (Å²) < 4.78 is 5.88.